The maximum atomic E-state index is 6.32. The largest absolute Gasteiger partial charge is 0.305 e. The number of rotatable bonds is 5. The molecule has 0 radical (unpaired) electrons. The highest BCUT2D eigenvalue weighted by atomic mass is 15.2. The molecule has 0 spiro atoms. The molecule has 14 rings (SSSR count). The number of para-hydroxylation sites is 4. The van der Waals surface area contributed by atoms with E-state index in [1.54, 1.807) is 0 Å². The SMILES string of the molecule is Cc1ccc2c(c1)c1cc(C)ccc1n2-c1nc(-n2c3ccccc3c3ccccc32)c(-n2c3ccc(C)cc3c3cc(C)ccc32)c(-c2ccccn2)c1-n1c2ccccc2c2ccccc21. The first-order valence-corrected chi connectivity index (χ1v) is 23.4. The Hall–Kier alpha value is -8.74. The number of aromatic nitrogens is 6. The van der Waals surface area contributed by atoms with Crippen molar-refractivity contribution in [2.45, 2.75) is 27.7 Å². The minimum Gasteiger partial charge on any atom is -0.305 e. The maximum absolute atomic E-state index is 6.32. The molecular formula is C62H44N6. The standard InChI is InChI=1S/C62H44N6/c1-37-24-28-54-45(33-37)46-34-38(2)25-29-55(46)66(54)60-58(49-19-13-14-32-63-49)59(65-50-20-9-5-15-41(50)42-16-6-10-21-51(42)65)62(68-56-30-26-39(3)35-47(56)48-36-40(4)27-31-57(48)68)64-61(60)67-52-22-11-7-17-43(52)44-18-8-12-23-53(44)67/h5-36H,1-4H3. The molecular weight excluding hydrogens is 829 g/mol. The molecule has 322 valence electrons. The normalized spacial score (nSPS) is 12.1. The Morgan fingerprint density at radius 3 is 0.956 bits per heavy atom. The van der Waals surface area contributed by atoms with E-state index in [0.29, 0.717) is 0 Å². The second-order valence-electron chi connectivity index (χ2n) is 18.5. The van der Waals surface area contributed by atoms with Crippen molar-refractivity contribution in [3.8, 4) is 34.3 Å². The Balaban J connectivity index is 1.33. The van der Waals surface area contributed by atoms with Gasteiger partial charge in [-0.25, -0.2) is 4.98 Å². The van der Waals surface area contributed by atoms with Gasteiger partial charge in [0.1, 0.15) is 11.4 Å². The number of benzene rings is 8. The Labute approximate surface area is 392 Å². The third kappa shape index (κ3) is 5.40. The molecule has 0 N–H and O–H groups in total. The van der Waals surface area contributed by atoms with E-state index in [2.05, 4.69) is 228 Å². The van der Waals surface area contributed by atoms with Crippen molar-refractivity contribution in [1.29, 1.82) is 0 Å². The highest BCUT2D eigenvalue weighted by Gasteiger charge is 2.33. The smallest absolute Gasteiger partial charge is 0.165 e. The monoisotopic (exact) mass is 872 g/mol. The van der Waals surface area contributed by atoms with Gasteiger partial charge in [0.2, 0.25) is 0 Å². The van der Waals surface area contributed by atoms with Crippen LogP contribution < -0.4 is 0 Å². The van der Waals surface area contributed by atoms with Crippen molar-refractivity contribution in [1.82, 2.24) is 28.2 Å². The predicted octanol–water partition coefficient (Wildman–Crippen LogP) is 15.8. The first kappa shape index (κ1) is 38.5. The second-order valence-corrected chi connectivity index (χ2v) is 18.5. The molecule has 0 atom stereocenters. The lowest BCUT2D eigenvalue weighted by Gasteiger charge is -2.26. The molecule has 0 amide bonds. The molecule has 0 aliphatic rings. The van der Waals surface area contributed by atoms with Crippen LogP contribution in [0.15, 0.2) is 194 Å². The van der Waals surface area contributed by atoms with E-state index < -0.39 is 0 Å². The third-order valence-corrected chi connectivity index (χ3v) is 14.2. The van der Waals surface area contributed by atoms with Crippen molar-refractivity contribution in [2.24, 2.45) is 0 Å². The van der Waals surface area contributed by atoms with E-state index in [1.165, 1.54) is 65.3 Å². The molecule has 68 heavy (non-hydrogen) atoms. The summed E-state index contributed by atoms with van der Waals surface area (Å²) in [6.07, 6.45) is 1.93. The molecule has 6 heterocycles. The number of hydrogen-bond acceptors (Lipinski definition) is 2. The highest BCUT2D eigenvalue weighted by Crippen LogP contribution is 2.48. The Morgan fingerprint density at radius 2 is 0.603 bits per heavy atom. The fourth-order valence-electron chi connectivity index (χ4n) is 11.3. The summed E-state index contributed by atoms with van der Waals surface area (Å²) >= 11 is 0. The van der Waals surface area contributed by atoms with E-state index in [1.807, 2.05) is 12.3 Å². The topological polar surface area (TPSA) is 45.5 Å². The van der Waals surface area contributed by atoms with Gasteiger partial charge in [-0.3, -0.25) is 14.1 Å². The zero-order valence-electron chi connectivity index (χ0n) is 38.2. The molecule has 6 nitrogen and oxygen atoms in total. The Kier molecular flexibility index (Phi) is 8.15. The van der Waals surface area contributed by atoms with Crippen LogP contribution in [-0.4, -0.2) is 28.2 Å². The van der Waals surface area contributed by atoms with Crippen molar-refractivity contribution in [3.63, 3.8) is 0 Å². The number of aryl methyl sites for hydroxylation is 4. The van der Waals surface area contributed by atoms with Gasteiger partial charge in [0.25, 0.3) is 0 Å². The minimum absolute atomic E-state index is 0.803. The predicted molar refractivity (Wildman–Crippen MR) is 284 cm³/mol. The van der Waals surface area contributed by atoms with Crippen molar-refractivity contribution in [3.05, 3.63) is 217 Å². The van der Waals surface area contributed by atoms with E-state index >= 15 is 0 Å². The molecule has 0 aliphatic carbocycles. The van der Waals surface area contributed by atoms with Crippen LogP contribution in [0, 0.1) is 27.7 Å². The first-order chi connectivity index (χ1) is 33.4. The highest BCUT2D eigenvalue weighted by molar-refractivity contribution is 6.16. The molecule has 0 fully saturated rings. The Bertz CT molecular complexity index is 4200. The zero-order chi connectivity index (χ0) is 45.4. The summed E-state index contributed by atoms with van der Waals surface area (Å²) in [5.74, 6) is 1.61. The van der Waals surface area contributed by atoms with Crippen LogP contribution in [0.1, 0.15) is 22.3 Å². The van der Waals surface area contributed by atoms with E-state index in [0.717, 1.165) is 78.4 Å². The van der Waals surface area contributed by atoms with Crippen molar-refractivity contribution < 1.29 is 0 Å². The van der Waals surface area contributed by atoms with Crippen LogP contribution in [0.5, 0.6) is 0 Å². The summed E-state index contributed by atoms with van der Waals surface area (Å²) in [7, 11) is 0. The molecule has 0 bridgehead atoms. The average molecular weight is 873 g/mol. The van der Waals surface area contributed by atoms with Gasteiger partial charge in [-0.2, -0.15) is 0 Å². The van der Waals surface area contributed by atoms with Gasteiger partial charge in [0.05, 0.1) is 55.4 Å². The van der Waals surface area contributed by atoms with Crippen LogP contribution in [-0.2, 0) is 0 Å². The number of nitrogens with zero attached hydrogens (tertiary/aromatic N) is 6. The lowest BCUT2D eigenvalue weighted by molar-refractivity contribution is 0.959. The van der Waals surface area contributed by atoms with Crippen LogP contribution in [0.2, 0.25) is 0 Å². The van der Waals surface area contributed by atoms with Crippen LogP contribution in [0.25, 0.3) is 121 Å². The maximum Gasteiger partial charge on any atom is 0.165 e. The van der Waals surface area contributed by atoms with Crippen LogP contribution in [0.4, 0.5) is 0 Å². The third-order valence-electron chi connectivity index (χ3n) is 14.2. The second kappa shape index (κ2) is 14.4. The molecule has 8 aromatic carbocycles. The molecule has 6 aromatic heterocycles. The number of fused-ring (bicyclic) bond motifs is 12. The summed E-state index contributed by atoms with van der Waals surface area (Å²) in [6.45, 7) is 8.74. The molecule has 14 aromatic rings. The van der Waals surface area contributed by atoms with Gasteiger partial charge in [-0.1, -0.05) is 125 Å². The molecule has 6 heteroatoms. The summed E-state index contributed by atoms with van der Waals surface area (Å²) in [4.78, 5) is 11.7. The van der Waals surface area contributed by atoms with Gasteiger partial charge in [0, 0.05) is 49.3 Å². The summed E-state index contributed by atoms with van der Waals surface area (Å²) in [5.41, 5.74) is 17.2. The summed E-state index contributed by atoms with van der Waals surface area (Å²) in [6, 6.07) is 68.9. The minimum atomic E-state index is 0.803. The quantitative estimate of drug-likeness (QED) is 0.173. The summed E-state index contributed by atoms with van der Waals surface area (Å²) in [5, 5.41) is 9.44. The molecule has 0 unspecified atom stereocenters. The Morgan fingerprint density at radius 1 is 0.294 bits per heavy atom. The zero-order valence-corrected chi connectivity index (χ0v) is 38.2. The first-order valence-electron chi connectivity index (χ1n) is 23.4. The van der Waals surface area contributed by atoms with E-state index in [4.69, 9.17) is 9.97 Å². The van der Waals surface area contributed by atoms with Crippen LogP contribution >= 0.6 is 0 Å². The molecule has 0 aliphatic heterocycles. The average Bonchev–Trinajstić information content (AvgIpc) is 4.08. The fraction of sp³-hybridized carbons (Fsp3) is 0.0645. The van der Waals surface area contributed by atoms with Crippen LogP contribution in [0.3, 0.4) is 0 Å². The molecule has 0 saturated carbocycles. The van der Waals surface area contributed by atoms with Crippen molar-refractivity contribution in [2.75, 3.05) is 0 Å². The fourth-order valence-corrected chi connectivity index (χ4v) is 11.3. The van der Waals surface area contributed by atoms with Gasteiger partial charge < -0.3 is 9.13 Å². The van der Waals surface area contributed by atoms with E-state index in [-0.39, 0.29) is 0 Å². The lowest BCUT2D eigenvalue weighted by Crippen LogP contribution is -2.16. The van der Waals surface area contributed by atoms with Gasteiger partial charge in [-0.15, -0.1) is 0 Å². The van der Waals surface area contributed by atoms with Gasteiger partial charge in [-0.05, 0) is 113 Å². The lowest BCUT2D eigenvalue weighted by atomic mass is 10.0. The van der Waals surface area contributed by atoms with Gasteiger partial charge in [0.15, 0.2) is 11.6 Å². The van der Waals surface area contributed by atoms with E-state index in [9.17, 15) is 0 Å². The molecule has 0 saturated heterocycles. The van der Waals surface area contributed by atoms with Crippen molar-refractivity contribution >= 4 is 87.2 Å². The number of pyridine rings is 2. The van der Waals surface area contributed by atoms with Gasteiger partial charge >= 0.3 is 0 Å². The number of hydrogen-bond donors (Lipinski definition) is 0. The summed E-state index contributed by atoms with van der Waals surface area (Å²) < 4.78 is 9.79.